The van der Waals surface area contributed by atoms with Crippen LogP contribution in [-0.4, -0.2) is 26.9 Å². The molecule has 0 N–H and O–H groups in total. The summed E-state index contributed by atoms with van der Waals surface area (Å²) < 4.78 is 20.3. The van der Waals surface area contributed by atoms with Gasteiger partial charge in [0.15, 0.2) is 5.65 Å². The lowest BCUT2D eigenvalue weighted by Gasteiger charge is -2.08. The van der Waals surface area contributed by atoms with Gasteiger partial charge in [-0.05, 0) is 18.2 Å². The molecule has 0 atom stereocenters. The molecule has 0 saturated heterocycles. The molecule has 0 radical (unpaired) electrons. The van der Waals surface area contributed by atoms with Crippen molar-refractivity contribution in [3.8, 4) is 5.75 Å². The largest absolute Gasteiger partial charge is 0.496 e. The summed E-state index contributed by atoms with van der Waals surface area (Å²) in [5, 5.41) is 5.88. The van der Waals surface area contributed by atoms with Gasteiger partial charge in [0, 0.05) is 18.4 Å². The number of benzene rings is 1. The Hall–Kier alpha value is -2.15. The van der Waals surface area contributed by atoms with Crippen molar-refractivity contribution >= 4 is 22.8 Å². The van der Waals surface area contributed by atoms with Crippen LogP contribution in [0.4, 0.5) is 4.39 Å². The van der Waals surface area contributed by atoms with E-state index in [1.54, 1.807) is 24.1 Å². The van der Waals surface area contributed by atoms with Crippen molar-refractivity contribution in [1.29, 1.82) is 0 Å². The summed E-state index contributed by atoms with van der Waals surface area (Å²) >= 11 is 1.50. The fourth-order valence-corrected chi connectivity index (χ4v) is 3.00. The fourth-order valence-electron chi connectivity index (χ4n) is 2.06. The number of ether oxygens (including phenoxy) is 1. The number of halogens is 1. The molecule has 2 aromatic heterocycles. The van der Waals surface area contributed by atoms with E-state index < -0.39 is 0 Å². The van der Waals surface area contributed by atoms with Gasteiger partial charge in [0.1, 0.15) is 22.9 Å². The summed E-state index contributed by atoms with van der Waals surface area (Å²) in [7, 11) is 3.41. The Bertz CT molecular complexity index is 790. The van der Waals surface area contributed by atoms with Crippen LogP contribution < -0.4 is 4.74 Å². The molecule has 0 aliphatic rings. The Kier molecular flexibility index (Phi) is 3.74. The quantitative estimate of drug-likeness (QED) is 0.548. The van der Waals surface area contributed by atoms with Crippen LogP contribution in [0.5, 0.6) is 5.75 Å². The Labute approximate surface area is 125 Å². The molecule has 0 unspecified atom stereocenters. The number of fused-ring (bicyclic) bond motifs is 1. The van der Waals surface area contributed by atoms with E-state index in [0.717, 1.165) is 21.6 Å². The van der Waals surface area contributed by atoms with Crippen molar-refractivity contribution < 1.29 is 9.13 Å². The molecule has 0 saturated carbocycles. The van der Waals surface area contributed by atoms with E-state index in [2.05, 4.69) is 15.1 Å². The first-order valence-corrected chi connectivity index (χ1v) is 7.25. The second-order valence-corrected chi connectivity index (χ2v) is 5.39. The first kappa shape index (κ1) is 13.8. The topological polar surface area (TPSA) is 52.8 Å². The van der Waals surface area contributed by atoms with E-state index in [-0.39, 0.29) is 5.82 Å². The summed E-state index contributed by atoms with van der Waals surface area (Å²) in [6.45, 7) is 0. The van der Waals surface area contributed by atoms with Gasteiger partial charge in [-0.3, -0.25) is 4.68 Å². The first-order valence-electron chi connectivity index (χ1n) is 6.27. The summed E-state index contributed by atoms with van der Waals surface area (Å²) in [5.41, 5.74) is 1.57. The maximum atomic E-state index is 13.4. The van der Waals surface area contributed by atoms with E-state index in [1.807, 2.05) is 7.05 Å². The van der Waals surface area contributed by atoms with Crippen LogP contribution in [0.15, 0.2) is 35.7 Å². The molecule has 0 aliphatic heterocycles. The minimum atomic E-state index is -0.277. The minimum absolute atomic E-state index is 0.277. The molecule has 0 aliphatic carbocycles. The van der Waals surface area contributed by atoms with Crippen LogP contribution in [-0.2, 0) is 12.8 Å². The molecule has 0 fully saturated rings. The van der Waals surface area contributed by atoms with Crippen LogP contribution in [0.1, 0.15) is 5.56 Å². The number of hydrogen-bond donors (Lipinski definition) is 0. The Morgan fingerprint density at radius 2 is 2.19 bits per heavy atom. The molecule has 0 bridgehead atoms. The van der Waals surface area contributed by atoms with E-state index in [0.29, 0.717) is 11.5 Å². The molecule has 3 rings (SSSR count). The lowest BCUT2D eigenvalue weighted by atomic mass is 10.2. The normalized spacial score (nSPS) is 11.0. The van der Waals surface area contributed by atoms with Crippen molar-refractivity contribution in [3.63, 3.8) is 0 Å². The molecule has 21 heavy (non-hydrogen) atoms. The van der Waals surface area contributed by atoms with Gasteiger partial charge < -0.3 is 4.74 Å². The van der Waals surface area contributed by atoms with Crippen LogP contribution in [0.2, 0.25) is 0 Å². The highest BCUT2D eigenvalue weighted by Crippen LogP contribution is 2.30. The van der Waals surface area contributed by atoms with Gasteiger partial charge >= 0.3 is 0 Å². The van der Waals surface area contributed by atoms with Crippen LogP contribution in [0.3, 0.4) is 0 Å². The molecule has 0 spiro atoms. The zero-order chi connectivity index (χ0) is 14.8. The zero-order valence-electron chi connectivity index (χ0n) is 11.6. The molecule has 7 heteroatoms. The predicted molar refractivity (Wildman–Crippen MR) is 78.8 cm³/mol. The van der Waals surface area contributed by atoms with Crippen molar-refractivity contribution in [1.82, 2.24) is 19.7 Å². The molecule has 2 heterocycles. The first-order chi connectivity index (χ1) is 10.2. The molecular weight excluding hydrogens is 291 g/mol. The van der Waals surface area contributed by atoms with Crippen molar-refractivity contribution in [2.45, 2.75) is 10.8 Å². The van der Waals surface area contributed by atoms with E-state index in [4.69, 9.17) is 4.74 Å². The van der Waals surface area contributed by atoms with Gasteiger partial charge in [-0.15, -0.1) is 11.8 Å². The summed E-state index contributed by atoms with van der Waals surface area (Å²) in [5.74, 6) is 0.947. The predicted octanol–water partition coefficient (Wildman–Crippen LogP) is 2.80. The number of hydrogen-bond acceptors (Lipinski definition) is 5. The Morgan fingerprint density at radius 3 is 3.00 bits per heavy atom. The van der Waals surface area contributed by atoms with Crippen LogP contribution in [0.25, 0.3) is 11.0 Å². The van der Waals surface area contributed by atoms with Crippen molar-refractivity contribution in [2.24, 2.45) is 7.05 Å². The molecule has 108 valence electrons. The second kappa shape index (κ2) is 5.69. The smallest absolute Gasteiger partial charge is 0.162 e. The summed E-state index contributed by atoms with van der Waals surface area (Å²) in [6, 6.07) is 4.50. The lowest BCUT2D eigenvalue weighted by Crippen LogP contribution is -1.94. The number of thioether (sulfide) groups is 1. The van der Waals surface area contributed by atoms with E-state index in [1.165, 1.54) is 30.2 Å². The van der Waals surface area contributed by atoms with Gasteiger partial charge in [0.2, 0.25) is 0 Å². The molecule has 5 nitrogen and oxygen atoms in total. The lowest BCUT2D eigenvalue weighted by molar-refractivity contribution is 0.410. The minimum Gasteiger partial charge on any atom is -0.496 e. The summed E-state index contributed by atoms with van der Waals surface area (Å²) in [4.78, 5) is 8.47. The highest BCUT2D eigenvalue weighted by atomic mass is 32.2. The number of methoxy groups -OCH3 is 1. The zero-order valence-corrected chi connectivity index (χ0v) is 12.4. The van der Waals surface area contributed by atoms with Crippen molar-refractivity contribution in [2.75, 3.05) is 7.11 Å². The van der Waals surface area contributed by atoms with E-state index >= 15 is 0 Å². The summed E-state index contributed by atoms with van der Waals surface area (Å²) in [6.07, 6.45) is 3.25. The Balaban J connectivity index is 1.88. The van der Waals surface area contributed by atoms with Crippen LogP contribution >= 0.6 is 11.8 Å². The third kappa shape index (κ3) is 2.69. The number of aromatic nitrogens is 4. The maximum Gasteiger partial charge on any atom is 0.162 e. The van der Waals surface area contributed by atoms with Gasteiger partial charge in [0.05, 0.1) is 18.7 Å². The highest BCUT2D eigenvalue weighted by molar-refractivity contribution is 7.98. The van der Waals surface area contributed by atoms with Gasteiger partial charge in [-0.2, -0.15) is 5.10 Å². The average Bonchev–Trinajstić information content (AvgIpc) is 2.87. The molecule has 3 aromatic rings. The maximum absolute atomic E-state index is 13.4. The highest BCUT2D eigenvalue weighted by Gasteiger charge is 2.10. The molecule has 0 amide bonds. The fraction of sp³-hybridized carbons (Fsp3) is 0.214. The Morgan fingerprint density at radius 1 is 1.33 bits per heavy atom. The number of rotatable bonds is 4. The van der Waals surface area contributed by atoms with Gasteiger partial charge in [-0.25, -0.2) is 14.4 Å². The second-order valence-electron chi connectivity index (χ2n) is 4.43. The third-order valence-electron chi connectivity index (χ3n) is 3.10. The van der Waals surface area contributed by atoms with Crippen molar-refractivity contribution in [3.05, 3.63) is 42.1 Å². The van der Waals surface area contributed by atoms with Gasteiger partial charge in [-0.1, -0.05) is 0 Å². The van der Waals surface area contributed by atoms with Crippen LogP contribution in [0, 0.1) is 5.82 Å². The molecule has 1 aromatic carbocycles. The number of aryl methyl sites for hydroxylation is 1. The standard InChI is InChI=1S/C14H13FN4OS/c1-19-13-11(6-18-19)14(17-8-16-13)21-7-9-5-10(15)3-4-12(9)20-2/h3-6,8H,7H2,1-2H3. The van der Waals surface area contributed by atoms with Gasteiger partial charge in [0.25, 0.3) is 0 Å². The average molecular weight is 304 g/mol. The monoisotopic (exact) mass is 304 g/mol. The van der Waals surface area contributed by atoms with E-state index in [9.17, 15) is 4.39 Å². The number of nitrogens with zero attached hydrogens (tertiary/aromatic N) is 4. The SMILES string of the molecule is COc1ccc(F)cc1CSc1ncnc2c1cnn2C. The molecular formula is C14H13FN4OS. The third-order valence-corrected chi connectivity index (χ3v) is 4.15.